The van der Waals surface area contributed by atoms with Crippen molar-refractivity contribution in [3.63, 3.8) is 0 Å². The number of carboxylic acids is 1. The van der Waals surface area contributed by atoms with E-state index in [4.69, 9.17) is 6.52 Å². The fourth-order valence-electron chi connectivity index (χ4n) is 1.21. The summed E-state index contributed by atoms with van der Waals surface area (Å²) in [6.07, 6.45) is 1.44. The number of nitrogens with one attached hydrogen (secondary N) is 2. The number of carboxylic acid groups (broad SMARTS) is 1. The van der Waals surface area contributed by atoms with Gasteiger partial charge in [0.25, 0.3) is 0 Å². The molecule has 13 heavy (non-hydrogen) atoms. The summed E-state index contributed by atoms with van der Waals surface area (Å²) in [4.78, 5) is 21.9. The molecule has 0 spiro atoms. The fraction of sp³-hybridized carbons (Fsp3) is 0.750. The summed E-state index contributed by atoms with van der Waals surface area (Å²) in [5.41, 5.74) is 0. The molecule has 5 nitrogen and oxygen atoms in total. The zero-order valence-corrected chi connectivity index (χ0v) is 7.49. The van der Waals surface area contributed by atoms with Crippen molar-refractivity contribution in [1.29, 1.82) is 0 Å². The minimum Gasteiger partial charge on any atom is -0.480 e. The van der Waals surface area contributed by atoms with Crippen LogP contribution in [0, 0.1) is 0 Å². The second-order valence-corrected chi connectivity index (χ2v) is 3.13. The van der Waals surface area contributed by atoms with E-state index in [-0.39, 0.29) is 5.91 Å². The van der Waals surface area contributed by atoms with Crippen molar-refractivity contribution in [3.8, 4) is 0 Å². The van der Waals surface area contributed by atoms with Gasteiger partial charge in [0.05, 0.1) is 6.04 Å². The highest BCUT2D eigenvalue weighted by Gasteiger charge is 2.24. The first kappa shape index (κ1) is 8.50. The molecule has 0 unspecified atom stereocenters. The largest absolute Gasteiger partial charge is 0.480 e. The van der Waals surface area contributed by atoms with E-state index in [1.54, 1.807) is 0 Å². The molecule has 1 rings (SSSR count). The molecule has 2 atom stereocenters. The number of carbonyl (C=O) groups excluding carboxylic acids is 1. The predicted molar refractivity (Wildman–Crippen MR) is 46.3 cm³/mol. The first-order valence-corrected chi connectivity index (χ1v) is 4.31. The van der Waals surface area contributed by atoms with Crippen LogP contribution >= 0.6 is 0 Å². The van der Waals surface area contributed by atoms with Gasteiger partial charge in [0.15, 0.2) is 0 Å². The van der Waals surface area contributed by atoms with Gasteiger partial charge in [0.1, 0.15) is 7.45 Å². The molecule has 1 fully saturated rings. The summed E-state index contributed by atoms with van der Waals surface area (Å²) in [5.74, 6) is -1.43. The molecule has 1 aliphatic rings. The van der Waals surface area contributed by atoms with Gasteiger partial charge < -0.3 is 15.7 Å². The molecule has 3 N–H and O–H groups in total. The van der Waals surface area contributed by atoms with Crippen molar-refractivity contribution in [2.75, 3.05) is 6.54 Å². The third kappa shape index (κ3) is 2.69. The zero-order chi connectivity index (χ0) is 10.7. The summed E-state index contributed by atoms with van der Waals surface area (Å²) in [6, 6.07) is -1.38. The second kappa shape index (κ2) is 4.23. The number of hydrogen-bond donors (Lipinski definition) is 3. The maximum atomic E-state index is 11.4. The van der Waals surface area contributed by atoms with E-state index in [1.165, 1.54) is 12.2 Å². The van der Waals surface area contributed by atoms with E-state index in [2.05, 4.69) is 5.32 Å². The number of amides is 1. The van der Waals surface area contributed by atoms with Crippen LogP contribution in [0.4, 0.5) is 0 Å². The van der Waals surface area contributed by atoms with Gasteiger partial charge in [-0.2, -0.15) is 0 Å². The van der Waals surface area contributed by atoms with E-state index in [9.17, 15) is 9.59 Å². The van der Waals surface area contributed by atoms with Crippen LogP contribution in [0.25, 0.3) is 0 Å². The molecule has 1 amide bonds. The van der Waals surface area contributed by atoms with E-state index in [0.29, 0.717) is 13.0 Å². The Morgan fingerprint density at radius 1 is 1.77 bits per heavy atom. The van der Waals surface area contributed by atoms with Gasteiger partial charge in [0.2, 0.25) is 5.91 Å². The first-order valence-electron chi connectivity index (χ1n) is 4.76. The number of rotatable bonds is 3. The summed E-state index contributed by atoms with van der Waals surface area (Å²) in [7, 11) is 0. The highest BCUT2D eigenvalue weighted by molar-refractivity contribution is 5.86. The normalized spacial score (nSPS) is 26.5. The first-order chi connectivity index (χ1) is 6.52. The number of carbonyl (C=O) groups is 2. The Morgan fingerprint density at radius 3 is 2.92 bits per heavy atom. The molecule has 0 bridgehead atoms. The molecular formula is C8H14N2O3. The third-order valence-corrected chi connectivity index (χ3v) is 2.02. The van der Waals surface area contributed by atoms with Crippen LogP contribution in [0.1, 0.15) is 19.8 Å². The Balaban J connectivity index is 2.45. The van der Waals surface area contributed by atoms with Crippen LogP contribution in [0.3, 0.4) is 0 Å². The van der Waals surface area contributed by atoms with Crippen LogP contribution in [0.5, 0.6) is 0 Å². The standard InChI is InChI=1S/C8H14N2O3/c1-5(8(12)13)10-7(11)6-3-2-4-9-6/h5-6,9H,2-4H2,1H3,(H,10,11)(H,12,13)/t5-,6-/m0/s1/i/hD. The maximum absolute atomic E-state index is 11.4. The van der Waals surface area contributed by atoms with Gasteiger partial charge in [-0.3, -0.25) is 9.59 Å². The zero-order valence-electron chi connectivity index (χ0n) is 8.49. The summed E-state index contributed by atoms with van der Waals surface area (Å²) < 4.78 is 7.40. The van der Waals surface area contributed by atoms with Crippen molar-refractivity contribution < 1.29 is 16.1 Å². The quantitative estimate of drug-likeness (QED) is 0.547. The molecule has 0 aromatic heterocycles. The van der Waals surface area contributed by atoms with Gasteiger partial charge in [-0.15, -0.1) is 0 Å². The van der Waals surface area contributed by atoms with E-state index in [1.807, 2.05) is 0 Å². The Bertz CT molecular complexity index is 247. The van der Waals surface area contributed by atoms with Crippen LogP contribution < -0.4 is 10.6 Å². The molecule has 0 aliphatic carbocycles. The molecule has 0 radical (unpaired) electrons. The average molecular weight is 187 g/mol. The Kier molecular flexibility index (Phi) is 2.76. The van der Waals surface area contributed by atoms with Crippen LogP contribution in [0.2, 0.25) is 1.41 Å². The van der Waals surface area contributed by atoms with Crippen LogP contribution in [0.15, 0.2) is 0 Å². The van der Waals surface area contributed by atoms with Crippen molar-refractivity contribution in [2.45, 2.75) is 31.8 Å². The van der Waals surface area contributed by atoms with Gasteiger partial charge in [0, 0.05) is 0 Å². The molecule has 0 aromatic rings. The monoisotopic (exact) mass is 187 g/mol. The molecule has 1 heterocycles. The third-order valence-electron chi connectivity index (χ3n) is 2.02. The molecular weight excluding hydrogens is 172 g/mol. The fourth-order valence-corrected chi connectivity index (χ4v) is 1.21. The van der Waals surface area contributed by atoms with Crippen molar-refractivity contribution in [3.05, 3.63) is 0 Å². The second-order valence-electron chi connectivity index (χ2n) is 3.13. The summed E-state index contributed by atoms with van der Waals surface area (Å²) in [6.45, 7) is 1.98. The molecule has 5 heteroatoms. The maximum Gasteiger partial charge on any atom is 0.325 e. The summed E-state index contributed by atoms with van der Waals surface area (Å²) >= 11 is 0. The molecule has 0 saturated carbocycles. The van der Waals surface area contributed by atoms with Gasteiger partial charge in [-0.1, -0.05) is 0 Å². The van der Waals surface area contributed by atoms with E-state index in [0.717, 1.165) is 6.42 Å². The number of aliphatic carboxylic acids is 1. The average Bonchev–Trinajstić information content (AvgIpc) is 2.51. The Hall–Kier alpha value is -1.10. The smallest absolute Gasteiger partial charge is 0.325 e. The van der Waals surface area contributed by atoms with Crippen LogP contribution in [-0.2, 0) is 9.59 Å². The topological polar surface area (TPSA) is 78.4 Å². The molecule has 74 valence electrons. The summed E-state index contributed by atoms with van der Waals surface area (Å²) in [5, 5.41) is 12.1. The van der Waals surface area contributed by atoms with E-state index >= 15 is 0 Å². The van der Waals surface area contributed by atoms with Gasteiger partial charge >= 0.3 is 5.97 Å². The Morgan fingerprint density at radius 2 is 2.46 bits per heavy atom. The van der Waals surface area contributed by atoms with E-state index < -0.39 is 18.1 Å². The lowest BCUT2D eigenvalue weighted by molar-refractivity contribution is -0.141. The molecule has 0 aromatic carbocycles. The highest BCUT2D eigenvalue weighted by Crippen LogP contribution is 2.04. The lowest BCUT2D eigenvalue weighted by Crippen LogP contribution is -2.46. The molecule has 1 aliphatic heterocycles. The van der Waals surface area contributed by atoms with Gasteiger partial charge in [-0.05, 0) is 26.3 Å². The van der Waals surface area contributed by atoms with Crippen molar-refractivity contribution in [2.24, 2.45) is 0 Å². The highest BCUT2D eigenvalue weighted by atomic mass is 16.4. The lowest BCUT2D eigenvalue weighted by Gasteiger charge is -2.13. The van der Waals surface area contributed by atoms with Crippen molar-refractivity contribution >= 4 is 11.9 Å². The minimum atomic E-state index is -1.06. The van der Waals surface area contributed by atoms with Gasteiger partial charge in [-0.25, -0.2) is 0 Å². The predicted octanol–water partition coefficient (Wildman–Crippen LogP) is -0.672. The molecule has 1 saturated heterocycles. The van der Waals surface area contributed by atoms with Crippen molar-refractivity contribution in [1.82, 2.24) is 10.6 Å². The number of hydrogen-bond acceptors (Lipinski definition) is 3. The minimum absolute atomic E-state index is 0.368. The van der Waals surface area contributed by atoms with Crippen LogP contribution in [-0.4, -0.2) is 35.6 Å². The Labute approximate surface area is 78.0 Å². The SMILES string of the molecule is [2H]N1CCC[C@H]1C(=O)N[C@@H](C)C(=O)O. The lowest BCUT2D eigenvalue weighted by atomic mass is 10.2.